The summed E-state index contributed by atoms with van der Waals surface area (Å²) in [5.41, 5.74) is 1.23. The van der Waals surface area contributed by atoms with E-state index in [0.29, 0.717) is 22.6 Å². The largest absolute Gasteiger partial charge is 0.497 e. The molecular weight excluding hydrogens is 328 g/mol. The van der Waals surface area contributed by atoms with Crippen molar-refractivity contribution in [3.63, 3.8) is 0 Å². The van der Waals surface area contributed by atoms with Gasteiger partial charge in [-0.25, -0.2) is 0 Å². The van der Waals surface area contributed by atoms with Crippen LogP contribution >= 0.6 is 27.3 Å². The van der Waals surface area contributed by atoms with E-state index in [9.17, 15) is 4.79 Å². The number of ether oxygens (including phenoxy) is 2. The third-order valence-corrected chi connectivity index (χ3v) is 4.34. The van der Waals surface area contributed by atoms with Gasteiger partial charge in [0.25, 0.3) is 0 Å². The molecule has 0 unspecified atom stereocenters. The van der Waals surface area contributed by atoms with Crippen LogP contribution in [0.1, 0.15) is 20.8 Å². The van der Waals surface area contributed by atoms with Gasteiger partial charge in [0.15, 0.2) is 5.78 Å². The second-order valence-corrected chi connectivity index (χ2v) is 6.55. The van der Waals surface area contributed by atoms with Crippen molar-refractivity contribution in [2.45, 2.75) is 6.92 Å². The summed E-state index contributed by atoms with van der Waals surface area (Å²) >= 11 is 4.94. The molecule has 0 saturated heterocycles. The number of carbonyl (C=O) groups excluding carboxylic acids is 1. The van der Waals surface area contributed by atoms with E-state index in [-0.39, 0.29) is 5.78 Å². The number of aryl methyl sites for hydroxylation is 1. The van der Waals surface area contributed by atoms with Crippen LogP contribution in [0.4, 0.5) is 0 Å². The SMILES string of the molecule is COc1ccc(C(=O)c2cc(Br)sc2C)c(OC)c1. The Labute approximate surface area is 124 Å². The Morgan fingerprint density at radius 2 is 1.89 bits per heavy atom. The van der Waals surface area contributed by atoms with Crippen LogP contribution < -0.4 is 9.47 Å². The molecule has 2 rings (SSSR count). The Bertz CT molecular complexity index is 619. The molecule has 0 bridgehead atoms. The molecule has 19 heavy (non-hydrogen) atoms. The number of hydrogen-bond acceptors (Lipinski definition) is 4. The summed E-state index contributed by atoms with van der Waals surface area (Å²) in [5, 5.41) is 0. The average molecular weight is 341 g/mol. The maximum atomic E-state index is 12.5. The van der Waals surface area contributed by atoms with Crippen LogP contribution in [-0.4, -0.2) is 20.0 Å². The van der Waals surface area contributed by atoms with Gasteiger partial charge in [0.05, 0.1) is 23.6 Å². The summed E-state index contributed by atoms with van der Waals surface area (Å²) in [6, 6.07) is 7.04. The fourth-order valence-electron chi connectivity index (χ4n) is 1.80. The van der Waals surface area contributed by atoms with Crippen molar-refractivity contribution in [2.75, 3.05) is 14.2 Å². The molecule has 1 heterocycles. The first-order valence-corrected chi connectivity index (χ1v) is 7.20. The van der Waals surface area contributed by atoms with E-state index in [1.54, 1.807) is 43.8 Å². The van der Waals surface area contributed by atoms with Gasteiger partial charge in [0.2, 0.25) is 0 Å². The van der Waals surface area contributed by atoms with E-state index < -0.39 is 0 Å². The first kappa shape index (κ1) is 14.1. The van der Waals surface area contributed by atoms with E-state index in [2.05, 4.69) is 15.9 Å². The fourth-order valence-corrected chi connectivity index (χ4v) is 3.49. The predicted octanol–water partition coefficient (Wildman–Crippen LogP) is 4.07. The number of ketones is 1. The number of benzene rings is 1. The van der Waals surface area contributed by atoms with Crippen LogP contribution in [0.25, 0.3) is 0 Å². The maximum Gasteiger partial charge on any atom is 0.197 e. The van der Waals surface area contributed by atoms with Crippen molar-refractivity contribution >= 4 is 33.0 Å². The van der Waals surface area contributed by atoms with Gasteiger partial charge in [0, 0.05) is 16.5 Å². The normalized spacial score (nSPS) is 10.3. The van der Waals surface area contributed by atoms with Gasteiger partial charge in [-0.2, -0.15) is 0 Å². The number of carbonyl (C=O) groups is 1. The second kappa shape index (κ2) is 5.75. The Morgan fingerprint density at radius 1 is 1.16 bits per heavy atom. The highest BCUT2D eigenvalue weighted by Crippen LogP contribution is 2.31. The van der Waals surface area contributed by atoms with E-state index in [1.165, 1.54) is 0 Å². The predicted molar refractivity (Wildman–Crippen MR) is 79.7 cm³/mol. The molecule has 0 aliphatic heterocycles. The lowest BCUT2D eigenvalue weighted by Gasteiger charge is -2.09. The molecule has 0 spiro atoms. The topological polar surface area (TPSA) is 35.5 Å². The van der Waals surface area contributed by atoms with E-state index in [4.69, 9.17) is 9.47 Å². The van der Waals surface area contributed by atoms with Crippen LogP contribution in [0.5, 0.6) is 11.5 Å². The molecule has 0 radical (unpaired) electrons. The number of hydrogen-bond donors (Lipinski definition) is 0. The lowest BCUT2D eigenvalue weighted by molar-refractivity contribution is 0.103. The first-order chi connectivity index (χ1) is 9.06. The van der Waals surface area contributed by atoms with E-state index >= 15 is 0 Å². The zero-order valence-electron chi connectivity index (χ0n) is 10.8. The monoisotopic (exact) mass is 340 g/mol. The second-order valence-electron chi connectivity index (χ2n) is 3.92. The summed E-state index contributed by atoms with van der Waals surface area (Å²) < 4.78 is 11.3. The number of thiophene rings is 1. The summed E-state index contributed by atoms with van der Waals surface area (Å²) in [4.78, 5) is 13.5. The van der Waals surface area contributed by atoms with Crippen molar-refractivity contribution in [3.8, 4) is 11.5 Å². The van der Waals surface area contributed by atoms with Crippen LogP contribution in [-0.2, 0) is 0 Å². The quantitative estimate of drug-likeness (QED) is 0.787. The summed E-state index contributed by atoms with van der Waals surface area (Å²) in [5.74, 6) is 1.14. The minimum absolute atomic E-state index is 0.0426. The van der Waals surface area contributed by atoms with Crippen molar-refractivity contribution < 1.29 is 14.3 Å². The zero-order chi connectivity index (χ0) is 14.0. The van der Waals surface area contributed by atoms with Crippen molar-refractivity contribution in [2.24, 2.45) is 0 Å². The van der Waals surface area contributed by atoms with E-state index in [0.717, 1.165) is 8.66 Å². The molecule has 1 aromatic carbocycles. The molecule has 5 heteroatoms. The highest BCUT2D eigenvalue weighted by Gasteiger charge is 2.18. The third-order valence-electron chi connectivity index (χ3n) is 2.79. The lowest BCUT2D eigenvalue weighted by atomic mass is 10.0. The summed E-state index contributed by atoms with van der Waals surface area (Å²) in [6.07, 6.45) is 0. The fraction of sp³-hybridized carbons (Fsp3) is 0.214. The smallest absolute Gasteiger partial charge is 0.197 e. The molecule has 0 aliphatic rings. The summed E-state index contributed by atoms with van der Waals surface area (Å²) in [7, 11) is 3.12. The Morgan fingerprint density at radius 3 is 2.42 bits per heavy atom. The number of halogens is 1. The van der Waals surface area contributed by atoms with Gasteiger partial charge < -0.3 is 9.47 Å². The molecule has 0 saturated carbocycles. The molecule has 2 aromatic rings. The van der Waals surface area contributed by atoms with Crippen LogP contribution in [0, 0.1) is 6.92 Å². The molecule has 0 N–H and O–H groups in total. The van der Waals surface area contributed by atoms with Gasteiger partial charge in [-0.05, 0) is 41.1 Å². The maximum absolute atomic E-state index is 12.5. The zero-order valence-corrected chi connectivity index (χ0v) is 13.2. The van der Waals surface area contributed by atoms with Gasteiger partial charge in [0.1, 0.15) is 11.5 Å². The van der Waals surface area contributed by atoms with Gasteiger partial charge in [-0.1, -0.05) is 0 Å². The Balaban J connectivity index is 2.46. The third kappa shape index (κ3) is 2.82. The van der Waals surface area contributed by atoms with E-state index in [1.807, 2.05) is 13.0 Å². The lowest BCUT2D eigenvalue weighted by Crippen LogP contribution is -2.04. The highest BCUT2D eigenvalue weighted by molar-refractivity contribution is 9.11. The molecule has 0 aliphatic carbocycles. The minimum Gasteiger partial charge on any atom is -0.497 e. The average Bonchev–Trinajstić information content (AvgIpc) is 2.76. The number of rotatable bonds is 4. The highest BCUT2D eigenvalue weighted by atomic mass is 79.9. The molecule has 0 fully saturated rings. The van der Waals surface area contributed by atoms with Gasteiger partial charge in [-0.15, -0.1) is 11.3 Å². The molecule has 3 nitrogen and oxygen atoms in total. The van der Waals surface area contributed by atoms with Gasteiger partial charge >= 0.3 is 0 Å². The first-order valence-electron chi connectivity index (χ1n) is 5.59. The Kier molecular flexibility index (Phi) is 4.27. The van der Waals surface area contributed by atoms with Crippen molar-refractivity contribution in [1.29, 1.82) is 0 Å². The molecular formula is C14H13BrO3S. The van der Waals surface area contributed by atoms with Crippen LogP contribution in [0.15, 0.2) is 28.1 Å². The number of methoxy groups -OCH3 is 2. The molecule has 0 atom stereocenters. The molecule has 0 amide bonds. The molecule has 100 valence electrons. The molecule has 1 aromatic heterocycles. The standard InChI is InChI=1S/C14H13BrO3S/c1-8-11(7-13(15)19-8)14(16)10-5-4-9(17-2)6-12(10)18-3/h4-7H,1-3H3. The van der Waals surface area contributed by atoms with Crippen molar-refractivity contribution in [3.05, 3.63) is 44.1 Å². The van der Waals surface area contributed by atoms with Crippen molar-refractivity contribution in [1.82, 2.24) is 0 Å². The summed E-state index contributed by atoms with van der Waals surface area (Å²) in [6.45, 7) is 1.93. The van der Waals surface area contributed by atoms with Crippen LogP contribution in [0.2, 0.25) is 0 Å². The minimum atomic E-state index is -0.0426. The Hall–Kier alpha value is -1.33. The van der Waals surface area contributed by atoms with Gasteiger partial charge in [-0.3, -0.25) is 4.79 Å². The van der Waals surface area contributed by atoms with Crippen LogP contribution in [0.3, 0.4) is 0 Å².